The van der Waals surface area contributed by atoms with Gasteiger partial charge < -0.3 is 9.84 Å². The summed E-state index contributed by atoms with van der Waals surface area (Å²) < 4.78 is 33.8. The summed E-state index contributed by atoms with van der Waals surface area (Å²) in [5, 5.41) is 9.78. The fraction of sp³-hybridized carbons (Fsp3) is 0.611. The van der Waals surface area contributed by atoms with Crippen molar-refractivity contribution in [2.45, 2.75) is 49.0 Å². The Balaban J connectivity index is 1.64. The van der Waals surface area contributed by atoms with Gasteiger partial charge in [0.15, 0.2) is 0 Å². The van der Waals surface area contributed by atoms with Gasteiger partial charge in [0.1, 0.15) is 5.75 Å². The molecule has 4 bridgehead atoms. The van der Waals surface area contributed by atoms with Crippen LogP contribution in [0.5, 0.6) is 5.75 Å². The fourth-order valence-corrected chi connectivity index (χ4v) is 7.15. The van der Waals surface area contributed by atoms with Gasteiger partial charge in [0.2, 0.25) is 10.0 Å². The van der Waals surface area contributed by atoms with Gasteiger partial charge in [0.05, 0.1) is 17.4 Å². The average Bonchev–Trinajstić information content (AvgIpc) is 2.52. The number of sulfonamides is 1. The largest absolute Gasteiger partial charge is 0.497 e. The summed E-state index contributed by atoms with van der Waals surface area (Å²) in [4.78, 5) is 12.1. The van der Waals surface area contributed by atoms with Crippen LogP contribution < -0.4 is 9.46 Å². The van der Waals surface area contributed by atoms with E-state index in [2.05, 4.69) is 4.72 Å². The average molecular weight is 365 g/mol. The third-order valence-corrected chi connectivity index (χ3v) is 7.83. The second-order valence-electron chi connectivity index (χ2n) is 8.11. The van der Waals surface area contributed by atoms with Crippen LogP contribution in [0.3, 0.4) is 0 Å². The van der Waals surface area contributed by atoms with Crippen molar-refractivity contribution in [1.29, 1.82) is 0 Å². The van der Waals surface area contributed by atoms with Crippen LogP contribution in [0.1, 0.15) is 38.5 Å². The summed E-state index contributed by atoms with van der Waals surface area (Å²) in [6, 6.07) is 6.28. The molecule has 25 heavy (non-hydrogen) atoms. The Morgan fingerprint density at radius 2 is 1.76 bits per heavy atom. The number of nitrogens with one attached hydrogen (secondary N) is 1. The molecule has 0 amide bonds. The first kappa shape index (κ1) is 16.8. The van der Waals surface area contributed by atoms with Crippen molar-refractivity contribution in [3.63, 3.8) is 0 Å². The van der Waals surface area contributed by atoms with Gasteiger partial charge in [-0.2, -0.15) is 0 Å². The first-order chi connectivity index (χ1) is 11.8. The number of hydrogen-bond acceptors (Lipinski definition) is 4. The van der Waals surface area contributed by atoms with Crippen molar-refractivity contribution in [2.24, 2.45) is 17.3 Å². The monoisotopic (exact) mass is 365 g/mol. The first-order valence-electron chi connectivity index (χ1n) is 8.67. The van der Waals surface area contributed by atoms with Crippen LogP contribution in [0.2, 0.25) is 0 Å². The highest BCUT2D eigenvalue weighted by Crippen LogP contribution is 2.61. The number of carboxylic acid groups (broad SMARTS) is 1. The Morgan fingerprint density at radius 3 is 2.28 bits per heavy atom. The zero-order valence-electron chi connectivity index (χ0n) is 14.2. The van der Waals surface area contributed by atoms with Gasteiger partial charge in [-0.3, -0.25) is 4.79 Å². The van der Waals surface area contributed by atoms with Crippen LogP contribution in [-0.2, 0) is 14.8 Å². The maximum atomic E-state index is 12.9. The highest BCUT2D eigenvalue weighted by Gasteiger charge is 2.61. The van der Waals surface area contributed by atoms with E-state index in [1.807, 2.05) is 0 Å². The Hall–Kier alpha value is -1.60. The third-order valence-electron chi connectivity index (χ3n) is 6.24. The highest BCUT2D eigenvalue weighted by atomic mass is 32.2. The van der Waals surface area contributed by atoms with Crippen LogP contribution in [0, 0.1) is 17.3 Å². The van der Waals surface area contributed by atoms with Crippen LogP contribution >= 0.6 is 0 Å². The summed E-state index contributed by atoms with van der Waals surface area (Å²) in [6.45, 7) is 0. The van der Waals surface area contributed by atoms with Gasteiger partial charge in [-0.15, -0.1) is 0 Å². The first-order valence-corrected chi connectivity index (χ1v) is 10.2. The lowest BCUT2D eigenvalue weighted by Crippen LogP contribution is -2.64. The molecule has 0 radical (unpaired) electrons. The van der Waals surface area contributed by atoms with Crippen molar-refractivity contribution >= 4 is 16.0 Å². The standard InChI is InChI=1S/C18H23NO5S/c1-24-14-2-4-15(5-3-14)25(22,23)19-18-9-12-6-13(10-18)8-17(7-12,11-18)16(20)21/h2-5,12-13,19H,6-11H2,1H3,(H,20,21)/t12-,13+,17?,18?. The summed E-state index contributed by atoms with van der Waals surface area (Å²) in [5.41, 5.74) is -1.38. The molecule has 4 atom stereocenters. The van der Waals surface area contributed by atoms with E-state index >= 15 is 0 Å². The van der Waals surface area contributed by atoms with Gasteiger partial charge in [0.25, 0.3) is 0 Å². The van der Waals surface area contributed by atoms with E-state index in [0.29, 0.717) is 36.8 Å². The molecular formula is C18H23NO5S. The van der Waals surface area contributed by atoms with Crippen LogP contribution in [0.15, 0.2) is 29.2 Å². The Kier molecular flexibility index (Phi) is 3.67. The molecule has 136 valence electrons. The smallest absolute Gasteiger partial charge is 0.309 e. The molecule has 1 aromatic carbocycles. The number of ether oxygens (including phenoxy) is 1. The number of carboxylic acids is 1. The SMILES string of the molecule is COc1ccc(S(=O)(=O)NC23C[C@H]4C[C@@H](C2)CC(C(=O)O)(C4)C3)cc1. The Morgan fingerprint density at radius 1 is 1.16 bits per heavy atom. The maximum Gasteiger partial charge on any atom is 0.309 e. The van der Waals surface area contributed by atoms with Crippen molar-refractivity contribution in [3.05, 3.63) is 24.3 Å². The molecule has 7 heteroatoms. The number of benzene rings is 1. The molecule has 0 spiro atoms. The minimum Gasteiger partial charge on any atom is -0.497 e. The van der Waals surface area contributed by atoms with Crippen molar-refractivity contribution in [1.82, 2.24) is 4.72 Å². The molecule has 1 aromatic rings. The van der Waals surface area contributed by atoms with E-state index in [1.54, 1.807) is 12.1 Å². The number of rotatable bonds is 5. The molecule has 0 heterocycles. The number of carbonyl (C=O) groups is 1. The molecule has 4 aliphatic rings. The van der Waals surface area contributed by atoms with E-state index in [9.17, 15) is 18.3 Å². The zero-order chi connectivity index (χ0) is 17.9. The molecule has 2 unspecified atom stereocenters. The van der Waals surface area contributed by atoms with Gasteiger partial charge in [-0.1, -0.05) is 0 Å². The van der Waals surface area contributed by atoms with Gasteiger partial charge >= 0.3 is 5.97 Å². The van der Waals surface area contributed by atoms with Crippen molar-refractivity contribution in [2.75, 3.05) is 7.11 Å². The molecule has 2 N–H and O–H groups in total. The maximum absolute atomic E-state index is 12.9. The van der Waals surface area contributed by atoms with E-state index in [0.717, 1.165) is 19.3 Å². The molecule has 4 aliphatic carbocycles. The molecular weight excluding hydrogens is 342 g/mol. The van der Waals surface area contributed by atoms with E-state index in [-0.39, 0.29) is 4.90 Å². The van der Waals surface area contributed by atoms with Crippen LogP contribution in [0.25, 0.3) is 0 Å². The normalized spacial score (nSPS) is 36.4. The lowest BCUT2D eigenvalue weighted by molar-refractivity contribution is -0.167. The lowest BCUT2D eigenvalue weighted by Gasteiger charge is -2.60. The Bertz CT molecular complexity index is 787. The van der Waals surface area contributed by atoms with Crippen LogP contribution in [0.4, 0.5) is 0 Å². The van der Waals surface area contributed by atoms with Crippen molar-refractivity contribution < 1.29 is 23.1 Å². The van der Waals surface area contributed by atoms with Gasteiger partial charge in [-0.25, -0.2) is 13.1 Å². The highest BCUT2D eigenvalue weighted by molar-refractivity contribution is 7.89. The molecule has 6 nitrogen and oxygen atoms in total. The predicted octanol–water partition coefficient (Wildman–Crippen LogP) is 2.40. The van der Waals surface area contributed by atoms with Crippen LogP contribution in [-0.4, -0.2) is 32.1 Å². The lowest BCUT2D eigenvalue weighted by atomic mass is 9.47. The van der Waals surface area contributed by atoms with E-state index < -0.39 is 26.9 Å². The summed E-state index contributed by atoms with van der Waals surface area (Å²) in [7, 11) is -2.17. The molecule has 0 aliphatic heterocycles. The van der Waals surface area contributed by atoms with Crippen molar-refractivity contribution in [3.8, 4) is 5.75 Å². The van der Waals surface area contributed by atoms with E-state index in [1.165, 1.54) is 19.2 Å². The number of hydrogen-bond donors (Lipinski definition) is 2. The molecule has 4 fully saturated rings. The number of aliphatic carboxylic acids is 1. The Labute approximate surface area is 147 Å². The molecule has 5 rings (SSSR count). The zero-order valence-corrected chi connectivity index (χ0v) is 15.0. The summed E-state index contributed by atoms with van der Waals surface area (Å²) >= 11 is 0. The second kappa shape index (κ2) is 5.45. The second-order valence-corrected chi connectivity index (χ2v) is 9.79. The molecule has 0 aromatic heterocycles. The van der Waals surface area contributed by atoms with Gasteiger partial charge in [0, 0.05) is 5.54 Å². The minimum atomic E-state index is -3.70. The predicted molar refractivity (Wildman–Crippen MR) is 90.8 cm³/mol. The quantitative estimate of drug-likeness (QED) is 0.836. The van der Waals surface area contributed by atoms with Gasteiger partial charge in [-0.05, 0) is 74.6 Å². The number of methoxy groups -OCH3 is 1. The molecule has 0 saturated heterocycles. The topological polar surface area (TPSA) is 92.7 Å². The van der Waals surface area contributed by atoms with E-state index in [4.69, 9.17) is 4.74 Å². The molecule has 4 saturated carbocycles. The fourth-order valence-electron chi connectivity index (χ4n) is 5.73. The third kappa shape index (κ3) is 2.73. The minimum absolute atomic E-state index is 0.188. The summed E-state index contributed by atoms with van der Waals surface area (Å²) in [5.74, 6) is 0.431. The summed E-state index contributed by atoms with van der Waals surface area (Å²) in [6.07, 6.45) is 4.29.